The van der Waals surface area contributed by atoms with Gasteiger partial charge in [0.15, 0.2) is 5.78 Å². The zero-order valence-electron chi connectivity index (χ0n) is 11.5. The van der Waals surface area contributed by atoms with Gasteiger partial charge in [0.2, 0.25) is 0 Å². The van der Waals surface area contributed by atoms with Crippen LogP contribution in [0.1, 0.15) is 28.0 Å². The molecule has 1 aliphatic heterocycles. The average Bonchev–Trinajstić information content (AvgIpc) is 3.11. The van der Waals surface area contributed by atoms with Crippen molar-refractivity contribution in [1.29, 1.82) is 0 Å². The molecular weight excluding hydrogens is 360 g/mol. The molecule has 5 rings (SSSR count). The van der Waals surface area contributed by atoms with Gasteiger partial charge in [-0.15, -0.1) is 11.3 Å². The number of benzene rings is 1. The number of rotatable bonds is 0. The van der Waals surface area contributed by atoms with Gasteiger partial charge < -0.3 is 4.98 Å². The summed E-state index contributed by atoms with van der Waals surface area (Å²) in [5.41, 5.74) is 5.17. The van der Waals surface area contributed by atoms with Crippen molar-refractivity contribution < 1.29 is 4.79 Å². The Kier molecular flexibility index (Phi) is 2.56. The van der Waals surface area contributed by atoms with E-state index in [1.165, 1.54) is 22.3 Å². The molecule has 0 fully saturated rings. The largest absolute Gasteiger partial charge is 0.353 e. The van der Waals surface area contributed by atoms with Crippen molar-refractivity contribution in [3.8, 4) is 0 Å². The normalized spacial score (nSPS) is 19.6. The molecule has 2 aromatic heterocycles. The Hall–Kier alpha value is -1.72. The molecule has 0 saturated carbocycles. The molecular formula is C17H11BrN2OS. The maximum Gasteiger partial charge on any atom is 0.175 e. The smallest absolute Gasteiger partial charge is 0.175 e. The van der Waals surface area contributed by atoms with Gasteiger partial charge >= 0.3 is 0 Å². The topological polar surface area (TPSA) is 45.2 Å². The number of aromatic amines is 1. The molecule has 1 unspecified atom stereocenters. The highest BCUT2D eigenvalue weighted by atomic mass is 79.9. The van der Waals surface area contributed by atoms with E-state index in [0.29, 0.717) is 0 Å². The number of carbonyl (C=O) groups excluding carboxylic acids is 1. The van der Waals surface area contributed by atoms with E-state index in [2.05, 4.69) is 33.0 Å². The van der Waals surface area contributed by atoms with Crippen molar-refractivity contribution in [2.75, 3.05) is 0 Å². The van der Waals surface area contributed by atoms with Gasteiger partial charge in [0.05, 0.1) is 22.9 Å². The lowest BCUT2D eigenvalue weighted by molar-refractivity contribution is 0.0948. The maximum absolute atomic E-state index is 12.7. The lowest BCUT2D eigenvalue weighted by atomic mass is 9.79. The third-order valence-electron chi connectivity index (χ3n) is 4.59. The lowest BCUT2D eigenvalue weighted by Gasteiger charge is -2.26. The molecule has 2 aliphatic rings. The maximum atomic E-state index is 12.7. The standard InChI is InChI=1S/C17H11BrN2OS/c18-8-1-4-13-12(7-8)9-2-3-10-15(14(9)19-13)20-17-11(16(10)21)5-6-22-17/h1,4-7,10,19H,2-3H2. The molecule has 1 N–H and O–H groups in total. The zero-order valence-corrected chi connectivity index (χ0v) is 13.9. The number of hydrogen-bond acceptors (Lipinski definition) is 3. The summed E-state index contributed by atoms with van der Waals surface area (Å²) in [6, 6.07) is 8.16. The lowest BCUT2D eigenvalue weighted by Crippen LogP contribution is -2.32. The highest BCUT2D eigenvalue weighted by molar-refractivity contribution is 9.10. The fraction of sp³-hybridized carbons (Fsp3) is 0.176. The Morgan fingerprint density at radius 1 is 1.32 bits per heavy atom. The van der Waals surface area contributed by atoms with Crippen molar-refractivity contribution in [3.63, 3.8) is 0 Å². The minimum atomic E-state index is -0.0916. The Labute approximate surface area is 139 Å². The van der Waals surface area contributed by atoms with Gasteiger partial charge in [-0.2, -0.15) is 0 Å². The van der Waals surface area contributed by atoms with Crippen LogP contribution in [0.3, 0.4) is 0 Å². The molecule has 0 amide bonds. The van der Waals surface area contributed by atoms with Gasteiger partial charge in [-0.05, 0) is 48.1 Å². The molecule has 3 nitrogen and oxygen atoms in total. The number of nitrogens with zero attached hydrogens (tertiary/aromatic N) is 1. The summed E-state index contributed by atoms with van der Waals surface area (Å²) in [6.45, 7) is 0. The fourth-order valence-corrected chi connectivity index (χ4v) is 4.70. The number of fused-ring (bicyclic) bond motifs is 6. The SMILES string of the molecule is O=C1c2ccsc2N=C2c3[nH]c4ccc(Br)cc4c3CCC12. The van der Waals surface area contributed by atoms with E-state index in [9.17, 15) is 4.79 Å². The molecule has 3 heterocycles. The number of ketones is 1. The molecule has 0 spiro atoms. The molecule has 22 heavy (non-hydrogen) atoms. The van der Waals surface area contributed by atoms with Gasteiger partial charge in [0.25, 0.3) is 0 Å². The zero-order chi connectivity index (χ0) is 14.8. The van der Waals surface area contributed by atoms with E-state index in [1.54, 1.807) is 0 Å². The summed E-state index contributed by atoms with van der Waals surface area (Å²) in [7, 11) is 0. The van der Waals surface area contributed by atoms with E-state index in [-0.39, 0.29) is 11.7 Å². The Morgan fingerprint density at radius 3 is 3.14 bits per heavy atom. The van der Waals surface area contributed by atoms with Gasteiger partial charge in [-0.1, -0.05) is 15.9 Å². The second-order valence-electron chi connectivity index (χ2n) is 5.76. The Balaban J connectivity index is 1.80. The quantitative estimate of drug-likeness (QED) is 0.602. The number of H-pyrrole nitrogens is 1. The second kappa shape index (κ2) is 4.40. The first-order valence-corrected chi connectivity index (χ1v) is 8.90. The second-order valence-corrected chi connectivity index (χ2v) is 7.57. The minimum absolute atomic E-state index is 0.0916. The molecule has 1 atom stereocenters. The number of carbonyl (C=O) groups is 1. The van der Waals surface area contributed by atoms with Crippen LogP contribution in [-0.2, 0) is 6.42 Å². The van der Waals surface area contributed by atoms with Crippen molar-refractivity contribution in [2.45, 2.75) is 12.8 Å². The molecule has 108 valence electrons. The number of Topliss-reactive ketones (excluding diaryl/α,β-unsaturated/α-hetero) is 1. The van der Waals surface area contributed by atoms with Crippen LogP contribution in [0.25, 0.3) is 10.9 Å². The molecule has 0 bridgehead atoms. The predicted molar refractivity (Wildman–Crippen MR) is 92.7 cm³/mol. The molecule has 1 aromatic carbocycles. The molecule has 5 heteroatoms. The number of halogens is 1. The van der Waals surface area contributed by atoms with Gasteiger partial charge in [-0.25, -0.2) is 4.99 Å². The van der Waals surface area contributed by atoms with E-state index < -0.39 is 0 Å². The highest BCUT2D eigenvalue weighted by Gasteiger charge is 2.37. The van der Waals surface area contributed by atoms with E-state index >= 15 is 0 Å². The molecule has 0 saturated heterocycles. The van der Waals surface area contributed by atoms with Gasteiger partial charge in [0.1, 0.15) is 5.00 Å². The Bertz CT molecular complexity index is 982. The monoisotopic (exact) mass is 370 g/mol. The number of aromatic nitrogens is 1. The van der Waals surface area contributed by atoms with Crippen molar-refractivity contribution in [2.24, 2.45) is 10.9 Å². The minimum Gasteiger partial charge on any atom is -0.353 e. The third-order valence-corrected chi connectivity index (χ3v) is 5.89. The predicted octanol–water partition coefficient (Wildman–Crippen LogP) is 4.87. The number of thiophene rings is 1. The first kappa shape index (κ1) is 12.8. The summed E-state index contributed by atoms with van der Waals surface area (Å²) in [6.07, 6.45) is 1.76. The van der Waals surface area contributed by atoms with Gasteiger partial charge in [-0.3, -0.25) is 4.79 Å². The third kappa shape index (κ3) is 1.61. The molecule has 1 aliphatic carbocycles. The summed E-state index contributed by atoms with van der Waals surface area (Å²) in [4.78, 5) is 21.0. The van der Waals surface area contributed by atoms with Crippen molar-refractivity contribution in [1.82, 2.24) is 4.98 Å². The van der Waals surface area contributed by atoms with Crippen LogP contribution in [0.4, 0.5) is 5.00 Å². The van der Waals surface area contributed by atoms with E-state index in [1.807, 2.05) is 17.5 Å². The first-order valence-electron chi connectivity index (χ1n) is 7.23. The van der Waals surface area contributed by atoms with E-state index in [4.69, 9.17) is 4.99 Å². The van der Waals surface area contributed by atoms with Gasteiger partial charge in [0, 0.05) is 15.4 Å². The number of aryl methyl sites for hydroxylation is 1. The van der Waals surface area contributed by atoms with Crippen molar-refractivity contribution in [3.05, 3.63) is 50.9 Å². The fourth-order valence-electron chi connectivity index (χ4n) is 3.56. The molecule has 0 radical (unpaired) electrons. The van der Waals surface area contributed by atoms with Crippen LogP contribution in [0.5, 0.6) is 0 Å². The number of aliphatic imine (C=N–C) groups is 1. The summed E-state index contributed by atoms with van der Waals surface area (Å²) in [5, 5.41) is 4.03. The molecule has 3 aromatic rings. The Morgan fingerprint density at radius 2 is 2.23 bits per heavy atom. The summed E-state index contributed by atoms with van der Waals surface area (Å²) < 4.78 is 1.08. The van der Waals surface area contributed by atoms with Crippen molar-refractivity contribution >= 4 is 54.7 Å². The highest BCUT2D eigenvalue weighted by Crippen LogP contribution is 2.41. The summed E-state index contributed by atoms with van der Waals surface area (Å²) >= 11 is 5.08. The number of hydrogen-bond donors (Lipinski definition) is 1. The first-order chi connectivity index (χ1) is 10.7. The van der Waals surface area contributed by atoms with Crippen LogP contribution in [0.15, 0.2) is 39.1 Å². The average molecular weight is 371 g/mol. The van der Waals surface area contributed by atoms with Crippen LogP contribution in [0, 0.1) is 5.92 Å². The van der Waals surface area contributed by atoms with Crippen LogP contribution >= 0.6 is 27.3 Å². The summed E-state index contributed by atoms with van der Waals surface area (Å²) in [5.74, 6) is 0.137. The number of nitrogens with one attached hydrogen (secondary N) is 1. The van der Waals surface area contributed by atoms with Crippen LogP contribution in [-0.4, -0.2) is 16.5 Å². The van der Waals surface area contributed by atoms with Crippen LogP contribution in [0.2, 0.25) is 0 Å². The van der Waals surface area contributed by atoms with E-state index in [0.717, 1.165) is 44.8 Å². The van der Waals surface area contributed by atoms with Crippen LogP contribution < -0.4 is 0 Å².